The van der Waals surface area contributed by atoms with Gasteiger partial charge in [-0.15, -0.1) is 0 Å². The Morgan fingerprint density at radius 3 is 2.25 bits per heavy atom. The fourth-order valence-electron chi connectivity index (χ4n) is 3.23. The molecule has 20 heavy (non-hydrogen) atoms. The SMILES string of the molecule is CN(CC1(CS)CCCCCC1)c1ccc(C#N)cc1. The molecule has 1 saturated carbocycles. The van der Waals surface area contributed by atoms with Crippen molar-refractivity contribution in [1.29, 1.82) is 5.26 Å². The van der Waals surface area contributed by atoms with E-state index in [1.54, 1.807) is 0 Å². The molecule has 0 radical (unpaired) electrons. The first kappa shape index (κ1) is 15.3. The third-order valence-corrected chi connectivity index (χ3v) is 5.18. The molecule has 0 amide bonds. The van der Waals surface area contributed by atoms with Gasteiger partial charge in [-0.2, -0.15) is 17.9 Å². The first-order valence-corrected chi connectivity index (χ1v) is 8.14. The van der Waals surface area contributed by atoms with Crippen LogP contribution >= 0.6 is 12.6 Å². The summed E-state index contributed by atoms with van der Waals surface area (Å²) in [6.07, 6.45) is 7.99. The quantitative estimate of drug-likeness (QED) is 0.662. The predicted molar refractivity (Wildman–Crippen MR) is 88.4 cm³/mol. The zero-order valence-electron chi connectivity index (χ0n) is 12.3. The van der Waals surface area contributed by atoms with Gasteiger partial charge in [0.25, 0.3) is 0 Å². The molecule has 0 aliphatic heterocycles. The molecule has 0 spiro atoms. The topological polar surface area (TPSA) is 27.0 Å². The third kappa shape index (κ3) is 3.70. The standard InChI is InChI=1S/C17H24N2S/c1-19(16-8-6-15(12-18)7-9-16)13-17(14-20)10-4-2-3-5-11-17/h6-9,20H,2-5,10-11,13-14H2,1H3. The van der Waals surface area contributed by atoms with Crippen LogP contribution in [0.25, 0.3) is 0 Å². The van der Waals surface area contributed by atoms with Crippen LogP contribution in [0.5, 0.6) is 0 Å². The first-order chi connectivity index (χ1) is 9.69. The molecule has 0 unspecified atom stereocenters. The van der Waals surface area contributed by atoms with Gasteiger partial charge in [0.15, 0.2) is 0 Å². The molecule has 0 atom stereocenters. The van der Waals surface area contributed by atoms with Gasteiger partial charge in [-0.25, -0.2) is 0 Å². The van der Waals surface area contributed by atoms with Gasteiger partial charge in [-0.1, -0.05) is 25.7 Å². The predicted octanol–water partition coefficient (Wildman–Crippen LogP) is 4.26. The van der Waals surface area contributed by atoms with Crippen molar-refractivity contribution < 1.29 is 0 Å². The summed E-state index contributed by atoms with van der Waals surface area (Å²) in [5.41, 5.74) is 2.26. The van der Waals surface area contributed by atoms with Crippen LogP contribution in [0.15, 0.2) is 24.3 Å². The highest BCUT2D eigenvalue weighted by molar-refractivity contribution is 7.80. The molecule has 1 fully saturated rings. The van der Waals surface area contributed by atoms with Crippen LogP contribution in [-0.4, -0.2) is 19.3 Å². The maximum atomic E-state index is 8.86. The van der Waals surface area contributed by atoms with Crippen molar-refractivity contribution in [2.45, 2.75) is 38.5 Å². The number of hydrogen-bond acceptors (Lipinski definition) is 3. The zero-order chi connectivity index (χ0) is 14.4. The largest absolute Gasteiger partial charge is 0.374 e. The number of anilines is 1. The molecule has 0 aromatic heterocycles. The number of benzene rings is 1. The Balaban J connectivity index is 2.07. The van der Waals surface area contributed by atoms with E-state index in [1.807, 2.05) is 24.3 Å². The third-order valence-electron chi connectivity index (χ3n) is 4.51. The summed E-state index contributed by atoms with van der Waals surface area (Å²) in [7, 11) is 2.15. The molecule has 1 aromatic carbocycles. The molecular formula is C17H24N2S. The molecule has 0 saturated heterocycles. The summed E-state index contributed by atoms with van der Waals surface area (Å²) >= 11 is 4.65. The molecule has 3 heteroatoms. The molecule has 2 rings (SSSR count). The van der Waals surface area contributed by atoms with E-state index < -0.39 is 0 Å². The van der Waals surface area contributed by atoms with Crippen molar-refractivity contribution in [3.63, 3.8) is 0 Å². The summed E-state index contributed by atoms with van der Waals surface area (Å²) < 4.78 is 0. The molecule has 1 aliphatic carbocycles. The molecule has 2 nitrogen and oxygen atoms in total. The van der Waals surface area contributed by atoms with Crippen molar-refractivity contribution in [3.05, 3.63) is 29.8 Å². The Morgan fingerprint density at radius 2 is 1.75 bits per heavy atom. The number of nitriles is 1. The van der Waals surface area contributed by atoms with E-state index in [9.17, 15) is 0 Å². The zero-order valence-corrected chi connectivity index (χ0v) is 13.2. The van der Waals surface area contributed by atoms with Gasteiger partial charge in [0.05, 0.1) is 11.6 Å². The van der Waals surface area contributed by atoms with Crippen molar-refractivity contribution in [3.8, 4) is 6.07 Å². The number of nitrogens with zero attached hydrogens (tertiary/aromatic N) is 2. The first-order valence-electron chi connectivity index (χ1n) is 7.51. The maximum absolute atomic E-state index is 8.86. The Bertz CT molecular complexity index is 453. The summed E-state index contributed by atoms with van der Waals surface area (Å²) in [4.78, 5) is 2.32. The second kappa shape index (κ2) is 7.04. The van der Waals surface area contributed by atoms with Crippen molar-refractivity contribution in [2.24, 2.45) is 5.41 Å². The molecule has 0 N–H and O–H groups in total. The lowest BCUT2D eigenvalue weighted by Crippen LogP contribution is -2.37. The van der Waals surface area contributed by atoms with E-state index in [4.69, 9.17) is 5.26 Å². The monoisotopic (exact) mass is 288 g/mol. The summed E-state index contributed by atoms with van der Waals surface area (Å²) in [6.45, 7) is 1.06. The van der Waals surface area contributed by atoms with Crippen LogP contribution in [0.4, 0.5) is 5.69 Å². The maximum Gasteiger partial charge on any atom is 0.0991 e. The number of rotatable bonds is 4. The molecule has 108 valence electrons. The summed E-state index contributed by atoms with van der Waals surface area (Å²) in [5.74, 6) is 0.966. The highest BCUT2D eigenvalue weighted by atomic mass is 32.1. The Kier molecular flexibility index (Phi) is 5.37. The van der Waals surface area contributed by atoms with Gasteiger partial charge in [0.2, 0.25) is 0 Å². The average molecular weight is 288 g/mol. The smallest absolute Gasteiger partial charge is 0.0991 e. The van der Waals surface area contributed by atoms with Crippen LogP contribution in [-0.2, 0) is 0 Å². The van der Waals surface area contributed by atoms with Crippen molar-refractivity contribution in [2.75, 3.05) is 24.2 Å². The molecular weight excluding hydrogens is 264 g/mol. The molecule has 1 aromatic rings. The minimum atomic E-state index is 0.349. The molecule has 0 heterocycles. The van der Waals surface area contributed by atoms with Crippen molar-refractivity contribution >= 4 is 18.3 Å². The van der Waals surface area contributed by atoms with Crippen LogP contribution in [0.2, 0.25) is 0 Å². The van der Waals surface area contributed by atoms with Gasteiger partial charge < -0.3 is 4.90 Å². The van der Waals surface area contributed by atoms with Crippen LogP contribution in [0.3, 0.4) is 0 Å². The normalized spacial score (nSPS) is 18.1. The Morgan fingerprint density at radius 1 is 1.15 bits per heavy atom. The fraction of sp³-hybridized carbons (Fsp3) is 0.588. The highest BCUT2D eigenvalue weighted by Crippen LogP contribution is 2.37. The molecule has 0 bridgehead atoms. The Hall–Kier alpha value is -1.14. The minimum absolute atomic E-state index is 0.349. The van der Waals surface area contributed by atoms with Gasteiger partial charge >= 0.3 is 0 Å². The second-order valence-corrected chi connectivity index (χ2v) is 6.40. The lowest BCUT2D eigenvalue weighted by atomic mass is 9.81. The fourth-order valence-corrected chi connectivity index (χ4v) is 3.65. The van der Waals surface area contributed by atoms with Gasteiger partial charge in [-0.3, -0.25) is 0 Å². The van der Waals surface area contributed by atoms with Crippen LogP contribution in [0, 0.1) is 16.7 Å². The van der Waals surface area contributed by atoms with E-state index in [2.05, 4.69) is 30.6 Å². The Labute approximate surface area is 128 Å². The average Bonchev–Trinajstić information content (AvgIpc) is 2.73. The van der Waals surface area contributed by atoms with Crippen molar-refractivity contribution in [1.82, 2.24) is 0 Å². The van der Waals surface area contributed by atoms with E-state index in [1.165, 1.54) is 44.2 Å². The van der Waals surface area contributed by atoms with E-state index in [-0.39, 0.29) is 0 Å². The van der Waals surface area contributed by atoms with E-state index in [0.717, 1.165) is 17.9 Å². The van der Waals surface area contributed by atoms with E-state index in [0.29, 0.717) is 5.41 Å². The summed E-state index contributed by atoms with van der Waals surface area (Å²) in [6, 6.07) is 10.0. The lowest BCUT2D eigenvalue weighted by molar-refractivity contribution is 0.293. The highest BCUT2D eigenvalue weighted by Gasteiger charge is 2.30. The lowest BCUT2D eigenvalue weighted by Gasteiger charge is -2.36. The second-order valence-electron chi connectivity index (χ2n) is 6.09. The van der Waals surface area contributed by atoms with Gasteiger partial charge in [0, 0.05) is 19.3 Å². The minimum Gasteiger partial charge on any atom is -0.374 e. The molecule has 1 aliphatic rings. The van der Waals surface area contributed by atoms with E-state index >= 15 is 0 Å². The van der Waals surface area contributed by atoms with Crippen LogP contribution in [0.1, 0.15) is 44.1 Å². The summed E-state index contributed by atoms with van der Waals surface area (Å²) in [5, 5.41) is 8.86. The van der Waals surface area contributed by atoms with Crippen LogP contribution < -0.4 is 4.90 Å². The number of thiol groups is 1. The van der Waals surface area contributed by atoms with Gasteiger partial charge in [0.1, 0.15) is 0 Å². The van der Waals surface area contributed by atoms with Gasteiger partial charge in [-0.05, 0) is 48.3 Å². The number of hydrogen-bond donors (Lipinski definition) is 1.